The number of aryl methyl sites for hydroxylation is 2. The van der Waals surface area contributed by atoms with Crippen LogP contribution in [0.3, 0.4) is 0 Å². The Kier molecular flexibility index (Phi) is 3.53. The lowest BCUT2D eigenvalue weighted by Crippen LogP contribution is -2.11. The number of thiazole rings is 1. The Morgan fingerprint density at radius 3 is 2.67 bits per heavy atom. The second-order valence-corrected chi connectivity index (χ2v) is 5.58. The van der Waals surface area contributed by atoms with Crippen LogP contribution in [-0.4, -0.2) is 16.0 Å². The molecule has 1 N–H and O–H groups in total. The van der Waals surface area contributed by atoms with Crippen molar-refractivity contribution in [1.29, 1.82) is 0 Å². The first-order valence-electron chi connectivity index (χ1n) is 6.41. The Labute approximate surface area is 125 Å². The largest absolute Gasteiger partial charge is 0.361 e. The molecule has 0 saturated carbocycles. The lowest BCUT2D eigenvalue weighted by atomic mass is 10.2. The van der Waals surface area contributed by atoms with Crippen LogP contribution in [-0.2, 0) is 0 Å². The smallest absolute Gasteiger partial charge is 0.278 e. The van der Waals surface area contributed by atoms with Gasteiger partial charge in [-0.15, -0.1) is 0 Å². The summed E-state index contributed by atoms with van der Waals surface area (Å²) in [6.45, 7) is 3.61. The van der Waals surface area contributed by atoms with E-state index in [-0.39, 0.29) is 11.6 Å². The molecule has 0 fully saturated rings. The van der Waals surface area contributed by atoms with E-state index in [1.54, 1.807) is 13.0 Å². The summed E-state index contributed by atoms with van der Waals surface area (Å²) in [6.07, 6.45) is 0. The van der Waals surface area contributed by atoms with E-state index >= 15 is 0 Å². The van der Waals surface area contributed by atoms with Crippen molar-refractivity contribution in [3.63, 3.8) is 0 Å². The summed E-state index contributed by atoms with van der Waals surface area (Å²) in [7, 11) is 0. The topological polar surface area (TPSA) is 68.0 Å². The van der Waals surface area contributed by atoms with E-state index in [0.717, 1.165) is 21.3 Å². The van der Waals surface area contributed by atoms with Crippen LogP contribution in [0.15, 0.2) is 40.9 Å². The molecule has 2 heterocycles. The highest BCUT2D eigenvalue weighted by molar-refractivity contribution is 7.19. The first kappa shape index (κ1) is 13.5. The van der Waals surface area contributed by atoms with Crippen molar-refractivity contribution in [2.45, 2.75) is 13.8 Å². The Bertz CT molecular complexity index is 777. The zero-order chi connectivity index (χ0) is 14.8. The van der Waals surface area contributed by atoms with Crippen LogP contribution in [0.4, 0.5) is 5.00 Å². The predicted molar refractivity (Wildman–Crippen MR) is 81.5 cm³/mol. The number of rotatable bonds is 3. The zero-order valence-corrected chi connectivity index (χ0v) is 12.4. The Morgan fingerprint density at radius 1 is 1.24 bits per heavy atom. The summed E-state index contributed by atoms with van der Waals surface area (Å²) in [5.74, 6) is 0.310. The SMILES string of the molecule is Cc1cc(C(=O)Nc2sc(-c3ccccc3)nc2C)no1. The van der Waals surface area contributed by atoms with E-state index in [2.05, 4.69) is 15.5 Å². The maximum atomic E-state index is 12.1. The average molecular weight is 299 g/mol. The molecule has 1 amide bonds. The molecule has 3 rings (SSSR count). The number of hydrogen-bond acceptors (Lipinski definition) is 5. The summed E-state index contributed by atoms with van der Waals surface area (Å²) in [5, 5.41) is 8.12. The van der Waals surface area contributed by atoms with Gasteiger partial charge in [-0.2, -0.15) is 0 Å². The van der Waals surface area contributed by atoms with Crippen LogP contribution in [0.2, 0.25) is 0 Å². The molecule has 0 radical (unpaired) electrons. The molecule has 0 spiro atoms. The number of nitrogens with one attached hydrogen (secondary N) is 1. The highest BCUT2D eigenvalue weighted by atomic mass is 32.1. The Morgan fingerprint density at radius 2 is 2.00 bits per heavy atom. The first-order chi connectivity index (χ1) is 10.1. The maximum absolute atomic E-state index is 12.1. The molecule has 0 saturated heterocycles. The number of benzene rings is 1. The first-order valence-corrected chi connectivity index (χ1v) is 7.22. The van der Waals surface area contributed by atoms with Crippen LogP contribution in [0.5, 0.6) is 0 Å². The minimum atomic E-state index is -0.293. The number of hydrogen-bond donors (Lipinski definition) is 1. The van der Waals surface area contributed by atoms with Crippen molar-refractivity contribution in [1.82, 2.24) is 10.1 Å². The molecular formula is C15H13N3O2S. The number of aromatic nitrogens is 2. The normalized spacial score (nSPS) is 10.6. The number of carbonyl (C=O) groups excluding carboxylic acids is 1. The van der Waals surface area contributed by atoms with Gasteiger partial charge < -0.3 is 9.84 Å². The van der Waals surface area contributed by atoms with Gasteiger partial charge in [-0.25, -0.2) is 4.98 Å². The summed E-state index contributed by atoms with van der Waals surface area (Å²) >= 11 is 1.44. The highest BCUT2D eigenvalue weighted by Crippen LogP contribution is 2.31. The summed E-state index contributed by atoms with van der Waals surface area (Å²) < 4.78 is 4.91. The fourth-order valence-electron chi connectivity index (χ4n) is 1.86. The average Bonchev–Trinajstić information content (AvgIpc) is 3.07. The maximum Gasteiger partial charge on any atom is 0.278 e. The zero-order valence-electron chi connectivity index (χ0n) is 11.6. The summed E-state index contributed by atoms with van der Waals surface area (Å²) in [6, 6.07) is 11.5. The van der Waals surface area contributed by atoms with Crippen molar-refractivity contribution < 1.29 is 9.32 Å². The van der Waals surface area contributed by atoms with Crippen LogP contribution in [0.25, 0.3) is 10.6 Å². The van der Waals surface area contributed by atoms with E-state index in [4.69, 9.17) is 4.52 Å². The molecule has 3 aromatic rings. The quantitative estimate of drug-likeness (QED) is 0.801. The standard InChI is InChI=1S/C15H13N3O2S/c1-9-8-12(18-20-9)13(19)17-14-10(2)16-15(21-14)11-6-4-3-5-7-11/h3-8H,1-2H3,(H,17,19). The van der Waals surface area contributed by atoms with Crippen LogP contribution >= 0.6 is 11.3 Å². The molecule has 0 aliphatic heterocycles. The second kappa shape index (κ2) is 5.49. The fraction of sp³-hybridized carbons (Fsp3) is 0.133. The molecule has 2 aromatic heterocycles. The van der Waals surface area contributed by atoms with Crippen molar-refractivity contribution in [2.24, 2.45) is 0 Å². The van der Waals surface area contributed by atoms with E-state index in [0.29, 0.717) is 5.76 Å². The minimum Gasteiger partial charge on any atom is -0.361 e. The van der Waals surface area contributed by atoms with E-state index in [1.807, 2.05) is 37.3 Å². The molecule has 6 heteroatoms. The van der Waals surface area contributed by atoms with Gasteiger partial charge >= 0.3 is 0 Å². The van der Waals surface area contributed by atoms with Gasteiger partial charge in [0.1, 0.15) is 15.8 Å². The molecular weight excluding hydrogens is 286 g/mol. The third kappa shape index (κ3) is 2.85. The number of amides is 1. The monoisotopic (exact) mass is 299 g/mol. The van der Waals surface area contributed by atoms with Crippen molar-refractivity contribution in [3.8, 4) is 10.6 Å². The minimum absolute atomic E-state index is 0.265. The van der Waals surface area contributed by atoms with Crippen molar-refractivity contribution in [3.05, 3.63) is 53.5 Å². The van der Waals surface area contributed by atoms with E-state index in [9.17, 15) is 4.79 Å². The van der Waals surface area contributed by atoms with Crippen molar-refractivity contribution in [2.75, 3.05) is 5.32 Å². The molecule has 5 nitrogen and oxygen atoms in total. The Balaban J connectivity index is 1.84. The fourth-order valence-corrected chi connectivity index (χ4v) is 2.82. The molecule has 21 heavy (non-hydrogen) atoms. The molecule has 0 aliphatic carbocycles. The van der Waals surface area contributed by atoms with Gasteiger partial charge in [0.2, 0.25) is 0 Å². The highest BCUT2D eigenvalue weighted by Gasteiger charge is 2.15. The van der Waals surface area contributed by atoms with Crippen LogP contribution in [0, 0.1) is 13.8 Å². The third-order valence-corrected chi connectivity index (χ3v) is 4.03. The van der Waals surface area contributed by atoms with Gasteiger partial charge in [0, 0.05) is 11.6 Å². The third-order valence-electron chi connectivity index (χ3n) is 2.91. The summed E-state index contributed by atoms with van der Waals surface area (Å²) in [5.41, 5.74) is 2.08. The van der Waals surface area contributed by atoms with E-state index < -0.39 is 0 Å². The Hall–Kier alpha value is -2.47. The van der Waals surface area contributed by atoms with Crippen LogP contribution < -0.4 is 5.32 Å². The molecule has 0 atom stereocenters. The van der Waals surface area contributed by atoms with Gasteiger partial charge in [0.15, 0.2) is 5.69 Å². The molecule has 1 aromatic carbocycles. The van der Waals surface area contributed by atoms with Gasteiger partial charge in [-0.3, -0.25) is 4.79 Å². The van der Waals surface area contributed by atoms with E-state index in [1.165, 1.54) is 11.3 Å². The van der Waals surface area contributed by atoms with Gasteiger partial charge in [-0.1, -0.05) is 46.8 Å². The number of anilines is 1. The predicted octanol–water partition coefficient (Wildman–Crippen LogP) is 3.67. The molecule has 0 aliphatic rings. The van der Waals surface area contributed by atoms with Crippen molar-refractivity contribution >= 4 is 22.2 Å². The molecule has 0 unspecified atom stereocenters. The lowest BCUT2D eigenvalue weighted by molar-refractivity contribution is 0.101. The van der Waals surface area contributed by atoms with Crippen LogP contribution in [0.1, 0.15) is 21.9 Å². The van der Waals surface area contributed by atoms with Gasteiger partial charge in [-0.05, 0) is 13.8 Å². The van der Waals surface area contributed by atoms with Gasteiger partial charge in [0.25, 0.3) is 5.91 Å². The number of carbonyl (C=O) groups is 1. The summed E-state index contributed by atoms with van der Waals surface area (Å²) in [4.78, 5) is 16.6. The van der Waals surface area contributed by atoms with Gasteiger partial charge in [0.05, 0.1) is 5.69 Å². The lowest BCUT2D eigenvalue weighted by Gasteiger charge is -1.98. The number of nitrogens with zero attached hydrogens (tertiary/aromatic N) is 2. The second-order valence-electron chi connectivity index (χ2n) is 4.58. The molecule has 106 valence electrons. The molecule has 0 bridgehead atoms.